The van der Waals surface area contributed by atoms with E-state index in [-0.39, 0.29) is 5.82 Å². The van der Waals surface area contributed by atoms with E-state index in [1.807, 2.05) is 34.9 Å². The van der Waals surface area contributed by atoms with Crippen LogP contribution in [0.15, 0.2) is 53.3 Å². The summed E-state index contributed by atoms with van der Waals surface area (Å²) in [6.07, 6.45) is 1.70. The summed E-state index contributed by atoms with van der Waals surface area (Å²) in [5, 5.41) is 0. The first-order chi connectivity index (χ1) is 8.25. The molecular formula is C13H8BrFN2. The third-order valence-electron chi connectivity index (χ3n) is 2.63. The molecule has 1 aromatic heterocycles. The minimum Gasteiger partial charge on any atom is -0.299 e. The molecule has 4 heteroatoms. The van der Waals surface area contributed by atoms with E-state index in [2.05, 4.69) is 20.9 Å². The molecule has 0 aliphatic carbocycles. The molecule has 0 radical (unpaired) electrons. The van der Waals surface area contributed by atoms with Crippen LogP contribution in [0.25, 0.3) is 16.7 Å². The standard InChI is InChI=1S/C13H8BrFN2/c14-10-6-5-9(7-11(10)15)17-8-16-12-3-1-2-4-13(12)17/h1-8H. The SMILES string of the molecule is Fc1cc(-n2cnc3ccccc32)ccc1Br. The van der Waals surface area contributed by atoms with Crippen LogP contribution in [0.1, 0.15) is 0 Å². The Hall–Kier alpha value is -1.68. The fraction of sp³-hybridized carbons (Fsp3) is 0. The molecule has 1 heterocycles. The van der Waals surface area contributed by atoms with Gasteiger partial charge in [0.1, 0.15) is 12.1 Å². The molecule has 0 saturated carbocycles. The van der Waals surface area contributed by atoms with Crippen LogP contribution in [0.5, 0.6) is 0 Å². The van der Waals surface area contributed by atoms with Gasteiger partial charge in [-0.3, -0.25) is 4.57 Å². The third kappa shape index (κ3) is 1.74. The molecule has 84 valence electrons. The highest BCUT2D eigenvalue weighted by Gasteiger charge is 2.06. The number of halogens is 2. The van der Waals surface area contributed by atoms with Crippen molar-refractivity contribution in [1.82, 2.24) is 9.55 Å². The largest absolute Gasteiger partial charge is 0.299 e. The fourth-order valence-electron chi connectivity index (χ4n) is 1.80. The Labute approximate surface area is 106 Å². The van der Waals surface area contributed by atoms with Crippen LogP contribution in [-0.2, 0) is 0 Å². The highest BCUT2D eigenvalue weighted by molar-refractivity contribution is 9.10. The van der Waals surface area contributed by atoms with Crippen molar-refractivity contribution in [2.75, 3.05) is 0 Å². The molecule has 0 bridgehead atoms. The molecule has 3 aromatic rings. The molecule has 0 aliphatic rings. The van der Waals surface area contributed by atoms with Gasteiger partial charge in [-0.15, -0.1) is 0 Å². The molecule has 0 fully saturated rings. The van der Waals surface area contributed by atoms with Crippen LogP contribution in [0.2, 0.25) is 0 Å². The van der Waals surface area contributed by atoms with Crippen LogP contribution < -0.4 is 0 Å². The summed E-state index contributed by atoms with van der Waals surface area (Å²) in [7, 11) is 0. The number of hydrogen-bond acceptors (Lipinski definition) is 1. The van der Waals surface area contributed by atoms with Crippen molar-refractivity contribution in [3.8, 4) is 5.69 Å². The topological polar surface area (TPSA) is 17.8 Å². The van der Waals surface area contributed by atoms with Crippen molar-refractivity contribution in [2.45, 2.75) is 0 Å². The smallest absolute Gasteiger partial charge is 0.139 e. The van der Waals surface area contributed by atoms with Gasteiger partial charge < -0.3 is 0 Å². The number of benzene rings is 2. The van der Waals surface area contributed by atoms with Gasteiger partial charge in [-0.05, 0) is 46.3 Å². The first-order valence-corrected chi connectivity index (χ1v) is 5.92. The molecular weight excluding hydrogens is 283 g/mol. The Morgan fingerprint density at radius 3 is 2.76 bits per heavy atom. The van der Waals surface area contributed by atoms with Gasteiger partial charge in [0, 0.05) is 0 Å². The number of aromatic nitrogens is 2. The van der Waals surface area contributed by atoms with Crippen molar-refractivity contribution in [2.24, 2.45) is 0 Å². The fourth-order valence-corrected chi connectivity index (χ4v) is 2.05. The molecule has 0 saturated heterocycles. The molecule has 3 rings (SSSR count). The first-order valence-electron chi connectivity index (χ1n) is 5.13. The monoisotopic (exact) mass is 290 g/mol. The number of rotatable bonds is 1. The Bertz CT molecular complexity index is 691. The second kappa shape index (κ2) is 3.96. The van der Waals surface area contributed by atoms with Crippen LogP contribution in [-0.4, -0.2) is 9.55 Å². The first kappa shape index (κ1) is 10.5. The number of fused-ring (bicyclic) bond motifs is 1. The molecule has 0 spiro atoms. The molecule has 0 atom stereocenters. The summed E-state index contributed by atoms with van der Waals surface area (Å²) in [6.45, 7) is 0. The lowest BCUT2D eigenvalue weighted by Crippen LogP contribution is -1.92. The normalized spacial score (nSPS) is 10.9. The van der Waals surface area contributed by atoms with E-state index in [4.69, 9.17) is 0 Å². The number of imidazole rings is 1. The summed E-state index contributed by atoms with van der Waals surface area (Å²) in [6, 6.07) is 12.8. The Morgan fingerprint density at radius 1 is 1.12 bits per heavy atom. The second-order valence-electron chi connectivity index (χ2n) is 3.70. The lowest BCUT2D eigenvalue weighted by Gasteiger charge is -2.04. The molecule has 0 unspecified atom stereocenters. The predicted octanol–water partition coefficient (Wildman–Crippen LogP) is 3.93. The van der Waals surface area contributed by atoms with Gasteiger partial charge in [0.25, 0.3) is 0 Å². The zero-order valence-electron chi connectivity index (χ0n) is 8.77. The van der Waals surface area contributed by atoms with Crippen molar-refractivity contribution in [1.29, 1.82) is 0 Å². The van der Waals surface area contributed by atoms with Crippen molar-refractivity contribution in [3.63, 3.8) is 0 Å². The maximum absolute atomic E-state index is 13.5. The van der Waals surface area contributed by atoms with Crippen LogP contribution in [0.4, 0.5) is 4.39 Å². The molecule has 2 aromatic carbocycles. The number of para-hydroxylation sites is 2. The molecule has 17 heavy (non-hydrogen) atoms. The number of hydrogen-bond donors (Lipinski definition) is 0. The highest BCUT2D eigenvalue weighted by atomic mass is 79.9. The summed E-state index contributed by atoms with van der Waals surface area (Å²) < 4.78 is 15.8. The van der Waals surface area contributed by atoms with Crippen LogP contribution in [0.3, 0.4) is 0 Å². The summed E-state index contributed by atoms with van der Waals surface area (Å²) in [5.74, 6) is -0.278. The van der Waals surface area contributed by atoms with Gasteiger partial charge in [-0.25, -0.2) is 9.37 Å². The van der Waals surface area contributed by atoms with E-state index >= 15 is 0 Å². The number of nitrogens with zero attached hydrogens (tertiary/aromatic N) is 2. The lowest BCUT2D eigenvalue weighted by molar-refractivity contribution is 0.620. The summed E-state index contributed by atoms with van der Waals surface area (Å²) in [5.41, 5.74) is 2.63. The summed E-state index contributed by atoms with van der Waals surface area (Å²) in [4.78, 5) is 4.28. The minimum atomic E-state index is -0.278. The quantitative estimate of drug-likeness (QED) is 0.664. The average molecular weight is 291 g/mol. The average Bonchev–Trinajstić information content (AvgIpc) is 2.76. The van der Waals surface area contributed by atoms with E-state index in [0.29, 0.717) is 4.47 Å². The van der Waals surface area contributed by atoms with Crippen molar-refractivity contribution >= 4 is 27.0 Å². The summed E-state index contributed by atoms with van der Waals surface area (Å²) >= 11 is 3.14. The maximum Gasteiger partial charge on any atom is 0.139 e. The minimum absolute atomic E-state index is 0.278. The van der Waals surface area contributed by atoms with E-state index in [1.165, 1.54) is 6.07 Å². The van der Waals surface area contributed by atoms with E-state index in [1.54, 1.807) is 12.4 Å². The molecule has 2 nitrogen and oxygen atoms in total. The van der Waals surface area contributed by atoms with E-state index in [9.17, 15) is 4.39 Å². The Morgan fingerprint density at radius 2 is 1.94 bits per heavy atom. The molecule has 0 N–H and O–H groups in total. The Balaban J connectivity index is 2.24. The second-order valence-corrected chi connectivity index (χ2v) is 4.56. The maximum atomic E-state index is 13.5. The van der Waals surface area contributed by atoms with E-state index in [0.717, 1.165) is 16.7 Å². The Kier molecular flexibility index (Phi) is 2.44. The van der Waals surface area contributed by atoms with E-state index < -0.39 is 0 Å². The van der Waals surface area contributed by atoms with Crippen molar-refractivity contribution in [3.05, 3.63) is 59.1 Å². The molecule has 0 aliphatic heterocycles. The zero-order valence-corrected chi connectivity index (χ0v) is 10.4. The van der Waals surface area contributed by atoms with Crippen molar-refractivity contribution < 1.29 is 4.39 Å². The van der Waals surface area contributed by atoms with Gasteiger partial charge in [-0.1, -0.05) is 12.1 Å². The van der Waals surface area contributed by atoms with Gasteiger partial charge in [-0.2, -0.15) is 0 Å². The van der Waals surface area contributed by atoms with Crippen LogP contribution >= 0.6 is 15.9 Å². The highest BCUT2D eigenvalue weighted by Crippen LogP contribution is 2.22. The third-order valence-corrected chi connectivity index (χ3v) is 3.28. The molecule has 0 amide bonds. The van der Waals surface area contributed by atoms with Gasteiger partial charge in [0.05, 0.1) is 21.2 Å². The van der Waals surface area contributed by atoms with Gasteiger partial charge >= 0.3 is 0 Å². The van der Waals surface area contributed by atoms with Crippen LogP contribution in [0, 0.1) is 5.82 Å². The van der Waals surface area contributed by atoms with Gasteiger partial charge in [0.2, 0.25) is 0 Å². The lowest BCUT2D eigenvalue weighted by atomic mass is 10.3. The zero-order chi connectivity index (χ0) is 11.8. The van der Waals surface area contributed by atoms with Gasteiger partial charge in [0.15, 0.2) is 0 Å². The predicted molar refractivity (Wildman–Crippen MR) is 68.7 cm³/mol.